The molecule has 2 fully saturated rings. The standard InChI is InChI=1S/C23H21F4N5OS/c1-30-10-23(11-30)12-31(13-23)22(34)32(17-6-4-16(24)5-7-17)9-15-3-2-14(8-18(15)25)20-28-29-21(33-20)19(26)27/h2-8,19H,9-13H2,1H3. The van der Waals surface area contributed by atoms with Gasteiger partial charge in [0.05, 0.1) is 6.54 Å². The van der Waals surface area contributed by atoms with E-state index < -0.39 is 18.1 Å². The first-order valence-corrected chi connectivity index (χ1v) is 11.0. The summed E-state index contributed by atoms with van der Waals surface area (Å²) in [5, 5.41) is 7.37. The highest BCUT2D eigenvalue weighted by Crippen LogP contribution is 2.39. The number of halogens is 4. The van der Waals surface area contributed by atoms with Crippen LogP contribution in [0.4, 0.5) is 23.2 Å². The highest BCUT2D eigenvalue weighted by Gasteiger charge is 2.51. The van der Waals surface area contributed by atoms with E-state index in [-0.39, 0.29) is 29.2 Å². The lowest BCUT2D eigenvalue weighted by Gasteiger charge is -2.60. The maximum Gasteiger partial charge on any atom is 0.314 e. The van der Waals surface area contributed by atoms with Gasteiger partial charge in [-0.15, -0.1) is 10.2 Å². The van der Waals surface area contributed by atoms with Crippen LogP contribution in [0.2, 0.25) is 0 Å². The van der Waals surface area contributed by atoms with Crippen molar-refractivity contribution in [2.24, 2.45) is 5.41 Å². The predicted octanol–water partition coefficient (Wildman–Crippen LogP) is 4.49. The van der Waals surface area contributed by atoms with E-state index >= 15 is 4.39 Å². The number of aromatic nitrogens is 2. The summed E-state index contributed by atoms with van der Waals surface area (Å²) in [6.07, 6.45) is -2.91. The molecule has 5 rings (SSSR count). The number of benzene rings is 2. The van der Waals surface area contributed by atoms with Gasteiger partial charge in [0.1, 0.15) is 11.6 Å². The first-order valence-electron chi connectivity index (χ1n) is 10.6. The maximum atomic E-state index is 15.0. The SMILES string of the molecule is CN1CC2(C1)CN(C(=S)N(Cc1ccc(-c3nnc(C(F)F)o3)cc1F)c1ccc(F)cc1)C2. The molecule has 1 spiro atoms. The second-order valence-electron chi connectivity index (χ2n) is 8.93. The molecule has 34 heavy (non-hydrogen) atoms. The van der Waals surface area contributed by atoms with Crippen LogP contribution < -0.4 is 4.90 Å². The molecule has 1 aromatic heterocycles. The lowest BCUT2D eigenvalue weighted by Crippen LogP contribution is -2.73. The van der Waals surface area contributed by atoms with Gasteiger partial charge in [0.25, 0.3) is 5.89 Å². The number of alkyl halides is 2. The molecule has 3 aromatic rings. The van der Waals surface area contributed by atoms with E-state index in [1.807, 2.05) is 0 Å². The molecule has 178 valence electrons. The summed E-state index contributed by atoms with van der Waals surface area (Å²) in [4.78, 5) is 6.09. The van der Waals surface area contributed by atoms with E-state index in [0.29, 0.717) is 16.4 Å². The van der Waals surface area contributed by atoms with E-state index in [1.165, 1.54) is 24.3 Å². The molecule has 3 heterocycles. The van der Waals surface area contributed by atoms with Crippen molar-refractivity contribution in [3.05, 3.63) is 65.6 Å². The minimum Gasteiger partial charge on any atom is -0.415 e. The van der Waals surface area contributed by atoms with Gasteiger partial charge in [-0.25, -0.2) is 8.78 Å². The summed E-state index contributed by atoms with van der Waals surface area (Å²) in [5.74, 6) is -1.97. The molecular formula is C23H21F4N5OS. The molecule has 0 unspecified atom stereocenters. The number of hydrogen-bond acceptors (Lipinski definition) is 5. The minimum absolute atomic E-state index is 0.103. The molecule has 0 N–H and O–H groups in total. The quantitative estimate of drug-likeness (QED) is 0.385. The molecule has 0 atom stereocenters. The molecule has 0 saturated carbocycles. The zero-order valence-electron chi connectivity index (χ0n) is 18.2. The lowest BCUT2D eigenvalue weighted by atomic mass is 9.73. The third-order valence-electron chi connectivity index (χ3n) is 6.16. The normalized spacial score (nSPS) is 17.1. The Labute approximate surface area is 198 Å². The number of nitrogens with zero attached hydrogens (tertiary/aromatic N) is 5. The van der Waals surface area contributed by atoms with Crippen LogP contribution >= 0.6 is 12.2 Å². The number of thiocarbonyl (C=S) groups is 1. The van der Waals surface area contributed by atoms with Crippen molar-refractivity contribution in [3.63, 3.8) is 0 Å². The number of anilines is 1. The van der Waals surface area contributed by atoms with Gasteiger partial charge in [0.15, 0.2) is 5.11 Å². The highest BCUT2D eigenvalue weighted by atomic mass is 32.1. The van der Waals surface area contributed by atoms with Crippen molar-refractivity contribution in [1.29, 1.82) is 0 Å². The Hall–Kier alpha value is -3.05. The van der Waals surface area contributed by atoms with Crippen LogP contribution in [0, 0.1) is 17.0 Å². The molecule has 6 nitrogen and oxygen atoms in total. The van der Waals surface area contributed by atoms with Crippen LogP contribution in [0.15, 0.2) is 46.9 Å². The number of rotatable bonds is 5. The number of likely N-dealkylation sites (tertiary alicyclic amines) is 2. The van der Waals surface area contributed by atoms with Crippen molar-refractivity contribution in [2.75, 3.05) is 38.1 Å². The molecule has 0 radical (unpaired) electrons. The van der Waals surface area contributed by atoms with E-state index in [4.69, 9.17) is 16.6 Å². The monoisotopic (exact) mass is 491 g/mol. The first-order chi connectivity index (χ1) is 16.2. The zero-order chi connectivity index (χ0) is 24.0. The smallest absolute Gasteiger partial charge is 0.314 e. The molecule has 0 amide bonds. The Kier molecular flexibility index (Phi) is 5.76. The van der Waals surface area contributed by atoms with E-state index in [9.17, 15) is 13.2 Å². The summed E-state index contributed by atoms with van der Waals surface area (Å²) in [6.45, 7) is 3.77. The maximum absolute atomic E-state index is 15.0. The second-order valence-corrected chi connectivity index (χ2v) is 9.29. The largest absolute Gasteiger partial charge is 0.415 e. The Morgan fingerprint density at radius 3 is 2.38 bits per heavy atom. The molecule has 0 bridgehead atoms. The fourth-order valence-corrected chi connectivity index (χ4v) is 4.98. The summed E-state index contributed by atoms with van der Waals surface area (Å²) in [6, 6.07) is 10.1. The topological polar surface area (TPSA) is 48.6 Å². The van der Waals surface area contributed by atoms with Crippen LogP contribution in [-0.2, 0) is 6.54 Å². The van der Waals surface area contributed by atoms with Gasteiger partial charge in [-0.3, -0.25) is 0 Å². The summed E-state index contributed by atoms with van der Waals surface area (Å²) in [5.41, 5.74) is 1.40. The Balaban J connectivity index is 1.37. The third kappa shape index (κ3) is 4.25. The van der Waals surface area contributed by atoms with E-state index in [0.717, 1.165) is 32.2 Å². The third-order valence-corrected chi connectivity index (χ3v) is 6.64. The van der Waals surface area contributed by atoms with E-state index in [1.54, 1.807) is 17.0 Å². The van der Waals surface area contributed by atoms with Crippen molar-refractivity contribution in [2.45, 2.75) is 13.0 Å². The molecule has 2 aliphatic rings. The second kappa shape index (κ2) is 8.62. The summed E-state index contributed by atoms with van der Waals surface area (Å²) < 4.78 is 58.9. The summed E-state index contributed by atoms with van der Waals surface area (Å²) >= 11 is 5.76. The van der Waals surface area contributed by atoms with Gasteiger partial charge < -0.3 is 19.1 Å². The average Bonchev–Trinajstić information content (AvgIpc) is 3.25. The van der Waals surface area contributed by atoms with Crippen LogP contribution in [0.1, 0.15) is 17.9 Å². The Morgan fingerprint density at radius 1 is 1.09 bits per heavy atom. The fourth-order valence-electron chi connectivity index (χ4n) is 4.68. The fraction of sp³-hybridized carbons (Fsp3) is 0.348. The van der Waals surface area contributed by atoms with Gasteiger partial charge in [-0.05, 0) is 55.7 Å². The van der Waals surface area contributed by atoms with Crippen molar-refractivity contribution < 1.29 is 22.0 Å². The Morgan fingerprint density at radius 2 is 1.79 bits per heavy atom. The molecule has 11 heteroatoms. The van der Waals surface area contributed by atoms with Gasteiger partial charge >= 0.3 is 6.43 Å². The van der Waals surface area contributed by atoms with Crippen LogP contribution in [0.3, 0.4) is 0 Å². The number of hydrogen-bond donors (Lipinski definition) is 0. The van der Waals surface area contributed by atoms with Gasteiger partial charge in [0, 0.05) is 48.4 Å². The summed E-state index contributed by atoms with van der Waals surface area (Å²) in [7, 11) is 2.08. The van der Waals surface area contributed by atoms with E-state index in [2.05, 4.69) is 27.0 Å². The molecule has 2 aromatic carbocycles. The van der Waals surface area contributed by atoms with Crippen LogP contribution in [0.5, 0.6) is 0 Å². The Bertz CT molecular complexity index is 1200. The highest BCUT2D eigenvalue weighted by molar-refractivity contribution is 7.80. The zero-order valence-corrected chi connectivity index (χ0v) is 19.0. The van der Waals surface area contributed by atoms with Gasteiger partial charge in [-0.1, -0.05) is 6.07 Å². The molecule has 2 saturated heterocycles. The molecular weight excluding hydrogens is 470 g/mol. The minimum atomic E-state index is -2.91. The molecule has 2 aliphatic heterocycles. The van der Waals surface area contributed by atoms with Crippen molar-refractivity contribution in [3.8, 4) is 11.5 Å². The van der Waals surface area contributed by atoms with Gasteiger partial charge in [-0.2, -0.15) is 8.78 Å². The van der Waals surface area contributed by atoms with Crippen LogP contribution in [-0.4, -0.2) is 58.3 Å². The predicted molar refractivity (Wildman–Crippen MR) is 121 cm³/mol. The lowest BCUT2D eigenvalue weighted by molar-refractivity contribution is -0.0733. The van der Waals surface area contributed by atoms with Crippen LogP contribution in [0.25, 0.3) is 11.5 Å². The molecule has 0 aliphatic carbocycles. The first kappa shape index (κ1) is 22.7. The van der Waals surface area contributed by atoms with Crippen molar-refractivity contribution >= 4 is 23.0 Å². The van der Waals surface area contributed by atoms with Crippen molar-refractivity contribution in [1.82, 2.24) is 20.0 Å². The average molecular weight is 492 g/mol. The van der Waals surface area contributed by atoms with Gasteiger partial charge in [0.2, 0.25) is 5.89 Å².